The molecule has 1 heterocycles. The third-order valence-corrected chi connectivity index (χ3v) is 16.3. The van der Waals surface area contributed by atoms with Gasteiger partial charge in [-0.25, -0.2) is 0 Å². The van der Waals surface area contributed by atoms with Gasteiger partial charge in [-0.3, -0.25) is 9.59 Å². The van der Waals surface area contributed by atoms with Gasteiger partial charge in [0, 0.05) is 5.56 Å². The number of hydrogen-bond donors (Lipinski definition) is 0. The molecule has 0 unspecified atom stereocenters. The van der Waals surface area contributed by atoms with E-state index in [-0.39, 0.29) is 29.3 Å². The van der Waals surface area contributed by atoms with E-state index in [1.54, 1.807) is 0 Å². The van der Waals surface area contributed by atoms with Crippen LogP contribution in [-0.4, -0.2) is 11.9 Å². The number of fused-ring (bicyclic) bond motifs is 1. The highest BCUT2D eigenvalue weighted by molar-refractivity contribution is 8.24. The van der Waals surface area contributed by atoms with Crippen molar-refractivity contribution in [3.8, 4) is 23.6 Å². The van der Waals surface area contributed by atoms with Crippen LogP contribution in [0.5, 0.6) is 11.5 Å². The van der Waals surface area contributed by atoms with Gasteiger partial charge in [-0.15, -0.1) is 0 Å². The highest BCUT2D eigenvalue weighted by atomic mass is 32.2. The fourth-order valence-corrected chi connectivity index (χ4v) is 12.6. The molecule has 0 spiro atoms. The van der Waals surface area contributed by atoms with Crippen molar-refractivity contribution in [2.24, 2.45) is 47.3 Å². The van der Waals surface area contributed by atoms with Crippen LogP contribution in [0.25, 0.3) is 0 Å². The molecule has 1 aromatic carbocycles. The van der Waals surface area contributed by atoms with E-state index >= 15 is 0 Å². The summed E-state index contributed by atoms with van der Waals surface area (Å²) in [5.41, 5.74) is 0.372. The summed E-state index contributed by atoms with van der Waals surface area (Å²) in [7, 11) is 0. The van der Waals surface area contributed by atoms with Gasteiger partial charge in [0.1, 0.15) is 29.2 Å². The zero-order valence-corrected chi connectivity index (χ0v) is 33.9. The number of esters is 2. The molecule has 5 aliphatic rings. The number of ether oxygens (including phenoxy) is 2. The van der Waals surface area contributed by atoms with Crippen LogP contribution in [0.1, 0.15) is 156 Å². The Bertz CT molecular complexity index is 1550. The molecular weight excluding hydrogens is 685 g/mol. The summed E-state index contributed by atoms with van der Waals surface area (Å²) in [6, 6.07) is 5.95. The summed E-state index contributed by atoms with van der Waals surface area (Å²) in [5, 5.41) is 19.5. The summed E-state index contributed by atoms with van der Waals surface area (Å²) in [4.78, 5) is 29.1. The van der Waals surface area contributed by atoms with E-state index in [1.165, 1.54) is 87.7 Å². The number of carbonyl (C=O) groups excluding carboxylic acids is 2. The van der Waals surface area contributed by atoms with Crippen LogP contribution in [0, 0.1) is 70.0 Å². The van der Waals surface area contributed by atoms with E-state index in [0.29, 0.717) is 37.4 Å². The molecule has 0 saturated heterocycles. The van der Waals surface area contributed by atoms with Gasteiger partial charge in [-0.1, -0.05) is 96.7 Å². The first-order chi connectivity index (χ1) is 25.0. The Morgan fingerprint density at radius 3 is 1.46 bits per heavy atom. The lowest BCUT2D eigenvalue weighted by atomic mass is 9.69. The Kier molecular flexibility index (Phi) is 13.1. The van der Waals surface area contributed by atoms with Crippen molar-refractivity contribution in [1.82, 2.24) is 0 Å². The van der Waals surface area contributed by atoms with Crippen LogP contribution >= 0.6 is 23.5 Å². The second-order valence-electron chi connectivity index (χ2n) is 17.7. The molecule has 4 fully saturated rings. The average molecular weight is 745 g/mol. The summed E-state index contributed by atoms with van der Waals surface area (Å²) in [5.74, 6) is 4.99. The maximum atomic E-state index is 13.9. The number of carbonyl (C=O) groups is 2. The van der Waals surface area contributed by atoms with Crippen LogP contribution in [0.3, 0.4) is 0 Å². The fraction of sp³-hybridized carbons (Fsp3) is 0.727. The Balaban J connectivity index is 1.18. The minimum atomic E-state index is -0.430. The number of rotatable bonds is 8. The van der Waals surface area contributed by atoms with Crippen molar-refractivity contribution < 1.29 is 19.1 Å². The van der Waals surface area contributed by atoms with Gasteiger partial charge in [0.25, 0.3) is 0 Å². The van der Waals surface area contributed by atoms with Gasteiger partial charge in [0.2, 0.25) is 0 Å². The molecular formula is C44H60N2O4S2. The SMILES string of the molecule is CCC1CCC(C2CCC(C(=O)Oc3cc(C(C)(C)C)c(OC(=O)C4CCC(C5CCC(CC)CC5)CC4)c4c3SC(=C(C#N)C#N)S4)CC2)CC1. The second-order valence-corrected chi connectivity index (χ2v) is 20.0. The molecule has 4 saturated carbocycles. The van der Waals surface area contributed by atoms with Crippen molar-refractivity contribution in [2.75, 3.05) is 0 Å². The predicted octanol–water partition coefficient (Wildman–Crippen LogP) is 12.3. The number of benzene rings is 1. The smallest absolute Gasteiger partial charge is 0.314 e. The highest BCUT2D eigenvalue weighted by Gasteiger charge is 2.39. The van der Waals surface area contributed by atoms with Crippen LogP contribution in [-0.2, 0) is 15.0 Å². The lowest BCUT2D eigenvalue weighted by molar-refractivity contribution is -0.142. The molecule has 0 amide bonds. The molecule has 0 aromatic heterocycles. The van der Waals surface area contributed by atoms with Gasteiger partial charge in [0.15, 0.2) is 0 Å². The maximum absolute atomic E-state index is 13.9. The van der Waals surface area contributed by atoms with Gasteiger partial charge in [0.05, 0.1) is 25.9 Å². The number of hydrogen-bond acceptors (Lipinski definition) is 8. The molecule has 4 aliphatic carbocycles. The number of nitrogens with zero attached hydrogens (tertiary/aromatic N) is 2. The van der Waals surface area contributed by atoms with E-state index in [4.69, 9.17) is 9.47 Å². The van der Waals surface area contributed by atoms with Crippen molar-refractivity contribution >= 4 is 35.5 Å². The topological polar surface area (TPSA) is 100 Å². The summed E-state index contributed by atoms with van der Waals surface area (Å²) in [6.07, 6.45) is 21.0. The van der Waals surface area contributed by atoms with E-state index in [2.05, 4.69) is 34.6 Å². The first kappa shape index (κ1) is 39.3. The molecule has 282 valence electrons. The molecule has 0 N–H and O–H groups in total. The van der Waals surface area contributed by atoms with Crippen LogP contribution < -0.4 is 9.47 Å². The van der Waals surface area contributed by atoms with Gasteiger partial charge in [-0.05, 0) is 124 Å². The van der Waals surface area contributed by atoms with Gasteiger partial charge < -0.3 is 9.47 Å². The third kappa shape index (κ3) is 8.92. The lowest BCUT2D eigenvalue weighted by Gasteiger charge is -2.37. The van der Waals surface area contributed by atoms with E-state index in [0.717, 1.165) is 80.6 Å². The average Bonchev–Trinajstić information content (AvgIpc) is 3.61. The minimum absolute atomic E-state index is 0.00986. The Morgan fingerprint density at radius 1 is 0.654 bits per heavy atom. The normalized spacial score (nSPS) is 30.8. The molecule has 6 rings (SSSR count). The molecule has 8 heteroatoms. The van der Waals surface area contributed by atoms with Crippen molar-refractivity contribution in [1.29, 1.82) is 10.5 Å². The summed E-state index contributed by atoms with van der Waals surface area (Å²) in [6.45, 7) is 10.8. The standard InChI is InChI=1S/C44H60N2O4S2/c1-6-27-8-12-29(13-9-27)31-16-20-33(21-17-31)41(47)49-37-24-36(44(3,4)5)38(40-39(37)51-43(52-40)35(25-45)26-46)50-42(48)34-22-18-32(19-23-34)30-14-10-28(7-2)11-15-30/h24,27-34H,6-23H2,1-5H3. The quantitative estimate of drug-likeness (QED) is 0.147. The van der Waals surface area contributed by atoms with Gasteiger partial charge >= 0.3 is 11.9 Å². The Hall–Kier alpha value is -2.42. The zero-order chi connectivity index (χ0) is 37.0. The lowest BCUT2D eigenvalue weighted by Crippen LogP contribution is -2.31. The molecule has 0 atom stereocenters. The van der Waals surface area contributed by atoms with Crippen molar-refractivity contribution in [2.45, 2.75) is 165 Å². The largest absolute Gasteiger partial charge is 0.425 e. The molecule has 52 heavy (non-hydrogen) atoms. The van der Waals surface area contributed by atoms with E-state index in [1.807, 2.05) is 18.2 Å². The van der Waals surface area contributed by atoms with Crippen LogP contribution in [0.15, 0.2) is 25.7 Å². The van der Waals surface area contributed by atoms with E-state index in [9.17, 15) is 20.1 Å². The first-order valence-electron chi connectivity index (χ1n) is 20.6. The van der Waals surface area contributed by atoms with Crippen molar-refractivity contribution in [3.05, 3.63) is 21.4 Å². The van der Waals surface area contributed by atoms with E-state index < -0.39 is 5.41 Å². The van der Waals surface area contributed by atoms with Crippen LogP contribution in [0.4, 0.5) is 0 Å². The third-order valence-electron chi connectivity index (χ3n) is 13.7. The fourth-order valence-electron chi connectivity index (χ4n) is 10.1. The number of thioether (sulfide) groups is 2. The summed E-state index contributed by atoms with van der Waals surface area (Å²) < 4.78 is 13.2. The Morgan fingerprint density at radius 2 is 1.06 bits per heavy atom. The highest BCUT2D eigenvalue weighted by Crippen LogP contribution is 2.61. The molecule has 1 aliphatic heterocycles. The van der Waals surface area contributed by atoms with Crippen LogP contribution in [0.2, 0.25) is 0 Å². The molecule has 0 bridgehead atoms. The number of allylic oxidation sites excluding steroid dienone is 1. The second kappa shape index (κ2) is 17.4. The van der Waals surface area contributed by atoms with Gasteiger partial charge in [-0.2, -0.15) is 10.5 Å². The Labute approximate surface area is 321 Å². The molecule has 1 aromatic rings. The summed E-state index contributed by atoms with van der Waals surface area (Å²) >= 11 is 2.56. The zero-order valence-electron chi connectivity index (χ0n) is 32.3. The molecule has 0 radical (unpaired) electrons. The van der Waals surface area contributed by atoms with Crippen molar-refractivity contribution in [3.63, 3.8) is 0 Å². The first-order valence-corrected chi connectivity index (χ1v) is 22.2. The minimum Gasteiger partial charge on any atom is -0.425 e. The maximum Gasteiger partial charge on any atom is 0.314 e. The monoisotopic (exact) mass is 744 g/mol. The number of nitriles is 2. The molecule has 6 nitrogen and oxygen atoms in total. The predicted molar refractivity (Wildman–Crippen MR) is 209 cm³/mol.